The first-order valence-corrected chi connectivity index (χ1v) is 11.3. The molecule has 1 N–H and O–H groups in total. The molecule has 0 aliphatic carbocycles. The summed E-state index contributed by atoms with van der Waals surface area (Å²) in [6.45, 7) is 5.04. The molecule has 7 heteroatoms. The third-order valence-electron chi connectivity index (χ3n) is 5.45. The van der Waals surface area contributed by atoms with Crippen LogP contribution in [0.4, 0.5) is 0 Å². The average molecular weight is 530 g/mol. The van der Waals surface area contributed by atoms with Gasteiger partial charge in [0.05, 0.1) is 18.1 Å². The second kappa shape index (κ2) is 8.79. The molecule has 31 heavy (non-hydrogen) atoms. The number of carboxylic acids is 1. The Morgan fingerprint density at radius 2 is 2.13 bits per heavy atom. The number of fused-ring (bicyclic) bond motifs is 3. The molecular weight excluding hydrogens is 507 g/mol. The molecule has 6 nitrogen and oxygen atoms in total. The number of halogens is 1. The van der Waals surface area contributed by atoms with E-state index in [1.165, 1.54) is 0 Å². The van der Waals surface area contributed by atoms with Crippen molar-refractivity contribution in [1.29, 1.82) is 5.26 Å². The molecule has 2 heterocycles. The number of nitriles is 1. The second-order valence-corrected chi connectivity index (χ2v) is 9.09. The first kappa shape index (κ1) is 21.5. The van der Waals surface area contributed by atoms with E-state index >= 15 is 0 Å². The van der Waals surface area contributed by atoms with Crippen molar-refractivity contribution in [2.45, 2.75) is 51.9 Å². The zero-order valence-corrected chi connectivity index (χ0v) is 19.5. The van der Waals surface area contributed by atoms with Crippen LogP contribution in [0.3, 0.4) is 0 Å². The Labute approximate surface area is 194 Å². The van der Waals surface area contributed by atoms with Gasteiger partial charge in [0.1, 0.15) is 24.2 Å². The number of hydrogen-bond donors (Lipinski definition) is 1. The minimum Gasteiger partial charge on any atom is -0.490 e. The Bertz CT molecular complexity index is 1190. The fraction of sp³-hybridized carbons (Fsp3) is 0.333. The molecule has 0 spiro atoms. The van der Waals surface area contributed by atoms with E-state index in [1.54, 1.807) is 6.07 Å². The number of carboxylic acid groups (broad SMARTS) is 1. The maximum atomic E-state index is 11.2. The number of rotatable bonds is 7. The van der Waals surface area contributed by atoms with Crippen LogP contribution in [0.5, 0.6) is 11.5 Å². The molecule has 1 unspecified atom stereocenters. The molecule has 0 saturated carbocycles. The first-order valence-electron chi connectivity index (χ1n) is 10.2. The van der Waals surface area contributed by atoms with E-state index in [0.717, 1.165) is 44.4 Å². The van der Waals surface area contributed by atoms with Crippen molar-refractivity contribution in [2.24, 2.45) is 0 Å². The molecule has 1 aliphatic rings. The van der Waals surface area contributed by atoms with Crippen molar-refractivity contribution in [3.63, 3.8) is 0 Å². The summed E-state index contributed by atoms with van der Waals surface area (Å²) < 4.78 is 15.0. The molecule has 1 atom stereocenters. The van der Waals surface area contributed by atoms with Crippen LogP contribution in [0.25, 0.3) is 10.9 Å². The summed E-state index contributed by atoms with van der Waals surface area (Å²) in [5.74, 6) is 0.615. The lowest BCUT2D eigenvalue weighted by Crippen LogP contribution is -2.07. The van der Waals surface area contributed by atoms with Crippen molar-refractivity contribution in [1.82, 2.24) is 4.57 Å². The molecular formula is C24H23IN2O4. The number of aryl methyl sites for hydroxylation is 1. The molecule has 0 amide bonds. The topological polar surface area (TPSA) is 84.5 Å². The van der Waals surface area contributed by atoms with E-state index in [1.807, 2.05) is 44.2 Å². The summed E-state index contributed by atoms with van der Waals surface area (Å²) in [5, 5.41) is 19.7. The summed E-state index contributed by atoms with van der Waals surface area (Å²) in [6.07, 6.45) is 1.03. The van der Waals surface area contributed by atoms with Crippen LogP contribution in [0, 0.1) is 14.9 Å². The molecule has 1 aliphatic heterocycles. The predicted molar refractivity (Wildman–Crippen MR) is 126 cm³/mol. The van der Waals surface area contributed by atoms with Gasteiger partial charge in [-0.25, -0.2) is 0 Å². The van der Waals surface area contributed by atoms with E-state index in [0.29, 0.717) is 17.9 Å². The highest BCUT2D eigenvalue weighted by Gasteiger charge is 2.30. The quantitative estimate of drug-likeness (QED) is 0.411. The van der Waals surface area contributed by atoms with Gasteiger partial charge in [-0.2, -0.15) is 5.26 Å². The average Bonchev–Trinajstić information content (AvgIpc) is 3.26. The SMILES string of the molecule is CC(C)Oc1ccc(COc2ccc3c(c2)c(I)c2n3CCC2CC(=O)O)cc1C#N. The zero-order chi connectivity index (χ0) is 22.1. The first-order chi connectivity index (χ1) is 14.9. The van der Waals surface area contributed by atoms with E-state index < -0.39 is 5.97 Å². The summed E-state index contributed by atoms with van der Waals surface area (Å²) >= 11 is 2.32. The molecule has 0 saturated heterocycles. The highest BCUT2D eigenvalue weighted by atomic mass is 127. The fourth-order valence-electron chi connectivity index (χ4n) is 4.15. The van der Waals surface area contributed by atoms with E-state index in [2.05, 4.69) is 33.2 Å². The standard InChI is InChI=1S/C24H23IN2O4/c1-14(2)31-21-6-3-15(9-17(21)12-26)13-30-18-4-5-20-19(11-18)23(25)24-16(10-22(28)29)7-8-27(20)24/h3-6,9,11,14,16H,7-8,10,13H2,1-2H3,(H,28,29). The molecule has 4 rings (SSSR count). The fourth-order valence-corrected chi connectivity index (χ4v) is 5.32. The lowest BCUT2D eigenvalue weighted by atomic mass is 10.0. The number of ether oxygens (including phenoxy) is 2. The predicted octanol–water partition coefficient (Wildman–Crippen LogP) is 5.45. The van der Waals surface area contributed by atoms with Crippen molar-refractivity contribution in [3.8, 4) is 17.6 Å². The minimum atomic E-state index is -0.759. The Kier molecular flexibility index (Phi) is 6.10. The van der Waals surface area contributed by atoms with Crippen LogP contribution >= 0.6 is 22.6 Å². The lowest BCUT2D eigenvalue weighted by Gasteiger charge is -2.13. The van der Waals surface area contributed by atoms with Gasteiger partial charge in [0.25, 0.3) is 0 Å². The highest BCUT2D eigenvalue weighted by Crippen LogP contribution is 2.41. The van der Waals surface area contributed by atoms with Crippen LogP contribution in [-0.2, 0) is 17.9 Å². The molecule has 1 aromatic heterocycles. The second-order valence-electron chi connectivity index (χ2n) is 8.01. The maximum absolute atomic E-state index is 11.2. The molecule has 2 aromatic carbocycles. The smallest absolute Gasteiger partial charge is 0.304 e. The van der Waals surface area contributed by atoms with Gasteiger partial charge in [-0.3, -0.25) is 4.79 Å². The van der Waals surface area contributed by atoms with Gasteiger partial charge in [-0.1, -0.05) is 6.07 Å². The monoisotopic (exact) mass is 530 g/mol. The van der Waals surface area contributed by atoms with Gasteiger partial charge in [0.15, 0.2) is 0 Å². The highest BCUT2D eigenvalue weighted by molar-refractivity contribution is 14.1. The summed E-state index contributed by atoms with van der Waals surface area (Å²) in [4.78, 5) is 11.2. The van der Waals surface area contributed by atoms with Crippen molar-refractivity contribution in [2.75, 3.05) is 0 Å². The molecule has 0 fully saturated rings. The van der Waals surface area contributed by atoms with Gasteiger partial charge in [-0.05, 0) is 78.8 Å². The van der Waals surface area contributed by atoms with Gasteiger partial charge in [-0.15, -0.1) is 0 Å². The van der Waals surface area contributed by atoms with Crippen molar-refractivity contribution < 1.29 is 19.4 Å². The largest absolute Gasteiger partial charge is 0.490 e. The van der Waals surface area contributed by atoms with Crippen LogP contribution < -0.4 is 9.47 Å². The number of benzene rings is 2. The lowest BCUT2D eigenvalue weighted by molar-refractivity contribution is -0.137. The van der Waals surface area contributed by atoms with E-state index in [9.17, 15) is 15.2 Å². The zero-order valence-electron chi connectivity index (χ0n) is 17.4. The van der Waals surface area contributed by atoms with Crippen LogP contribution in [0.1, 0.15) is 49.4 Å². The number of carbonyl (C=O) groups is 1. The number of aliphatic carboxylic acids is 1. The summed E-state index contributed by atoms with van der Waals surface area (Å²) in [6, 6.07) is 13.7. The summed E-state index contributed by atoms with van der Waals surface area (Å²) in [7, 11) is 0. The third-order valence-corrected chi connectivity index (χ3v) is 6.59. The van der Waals surface area contributed by atoms with Crippen molar-refractivity contribution >= 4 is 39.5 Å². The van der Waals surface area contributed by atoms with Crippen LogP contribution in [-0.4, -0.2) is 21.7 Å². The number of aromatic nitrogens is 1. The van der Waals surface area contributed by atoms with Gasteiger partial charge in [0, 0.05) is 32.6 Å². The van der Waals surface area contributed by atoms with Gasteiger partial charge < -0.3 is 19.1 Å². The maximum Gasteiger partial charge on any atom is 0.304 e. The Morgan fingerprint density at radius 1 is 1.32 bits per heavy atom. The van der Waals surface area contributed by atoms with E-state index in [4.69, 9.17) is 9.47 Å². The number of hydrogen-bond acceptors (Lipinski definition) is 4. The summed E-state index contributed by atoms with van der Waals surface area (Å²) in [5.41, 5.74) is 3.62. The van der Waals surface area contributed by atoms with Gasteiger partial charge in [0.2, 0.25) is 0 Å². The number of nitrogens with zero attached hydrogens (tertiary/aromatic N) is 2. The molecule has 0 bridgehead atoms. The molecule has 160 valence electrons. The molecule has 3 aromatic rings. The van der Waals surface area contributed by atoms with Crippen LogP contribution in [0.2, 0.25) is 0 Å². The minimum absolute atomic E-state index is 0.00235. The van der Waals surface area contributed by atoms with E-state index in [-0.39, 0.29) is 18.4 Å². The van der Waals surface area contributed by atoms with Crippen LogP contribution in [0.15, 0.2) is 36.4 Å². The normalized spacial score (nSPS) is 15.1. The third kappa shape index (κ3) is 4.35. The van der Waals surface area contributed by atoms with Crippen molar-refractivity contribution in [3.05, 3.63) is 56.8 Å². The molecule has 0 radical (unpaired) electrons. The van der Waals surface area contributed by atoms with Gasteiger partial charge >= 0.3 is 5.97 Å². The Balaban J connectivity index is 1.55. The Morgan fingerprint density at radius 3 is 2.84 bits per heavy atom. The Hall–Kier alpha value is -2.73.